The second-order valence-electron chi connectivity index (χ2n) is 12.4. The third-order valence-electron chi connectivity index (χ3n) is 10.9. The van der Waals surface area contributed by atoms with Crippen LogP contribution in [0.15, 0.2) is 28.8 Å². The van der Waals surface area contributed by atoms with Crippen LogP contribution in [0.2, 0.25) is 10.0 Å². The first-order valence-corrected chi connectivity index (χ1v) is 14.2. The minimum Gasteiger partial charge on any atom is -0.506 e. The Kier molecular flexibility index (Phi) is 6.09. The molecule has 0 radical (unpaired) electrons. The highest BCUT2D eigenvalue weighted by molar-refractivity contribution is 6.36. The van der Waals surface area contributed by atoms with E-state index in [4.69, 9.17) is 32.7 Å². The number of ether oxygens (including phenoxy) is 2. The van der Waals surface area contributed by atoms with E-state index in [9.17, 15) is 10.2 Å². The Hall–Kier alpha value is -1.11. The van der Waals surface area contributed by atoms with Gasteiger partial charge in [-0.2, -0.15) is 0 Å². The van der Waals surface area contributed by atoms with Gasteiger partial charge in [-0.3, -0.25) is 4.99 Å². The number of halogens is 2. The molecular formula is C29H37Cl2NO4. The normalized spacial score (nSPS) is 41.2. The molecule has 0 amide bonds. The third-order valence-corrected chi connectivity index (χ3v) is 11.4. The lowest BCUT2D eigenvalue weighted by molar-refractivity contribution is -0.187. The maximum atomic E-state index is 12.0. The van der Waals surface area contributed by atoms with Crippen molar-refractivity contribution >= 4 is 29.4 Å². The molecule has 1 aliphatic heterocycles. The first-order chi connectivity index (χ1) is 17.1. The van der Waals surface area contributed by atoms with Crippen molar-refractivity contribution in [1.29, 1.82) is 0 Å². The number of hydrogen-bond acceptors (Lipinski definition) is 5. The first kappa shape index (κ1) is 25.2. The molecule has 0 unspecified atom stereocenters. The van der Waals surface area contributed by atoms with Gasteiger partial charge in [0.25, 0.3) is 0 Å². The Morgan fingerprint density at radius 3 is 2.58 bits per heavy atom. The van der Waals surface area contributed by atoms with Crippen LogP contribution < -0.4 is 0 Å². The molecule has 3 saturated carbocycles. The Morgan fingerprint density at radius 2 is 1.81 bits per heavy atom. The van der Waals surface area contributed by atoms with Gasteiger partial charge in [0.05, 0.1) is 30.4 Å². The highest BCUT2D eigenvalue weighted by Gasteiger charge is 2.64. The summed E-state index contributed by atoms with van der Waals surface area (Å²) in [6.07, 6.45) is 12.1. The summed E-state index contributed by atoms with van der Waals surface area (Å²) in [5.41, 5.74) is 1.19. The highest BCUT2D eigenvalue weighted by Crippen LogP contribution is 2.68. The van der Waals surface area contributed by atoms with E-state index in [1.165, 1.54) is 6.07 Å². The van der Waals surface area contributed by atoms with Gasteiger partial charge in [-0.1, -0.05) is 48.7 Å². The standard InChI is InChI=1S/C29H37Cl2NO4/c1-26-9-10-29(35-11-12-36-29)15-19(26)3-4-21-22(26)5-7-27(2)23(21)6-8-28(27,34)17-32-16-18-13-20(30)14-24(31)25(18)33/h3,13-14,16,21-23,33-34H,4-12,15,17H2,1-2H3/t21-,22+,23+,26-,27+,28+/m0/s1. The van der Waals surface area contributed by atoms with Crippen LogP contribution in [0, 0.1) is 28.6 Å². The fourth-order valence-corrected chi connectivity index (χ4v) is 9.21. The fourth-order valence-electron chi connectivity index (χ4n) is 8.70. The summed E-state index contributed by atoms with van der Waals surface area (Å²) in [6.45, 7) is 6.51. The molecule has 0 aromatic heterocycles. The van der Waals surface area contributed by atoms with E-state index in [0.717, 1.165) is 51.4 Å². The summed E-state index contributed by atoms with van der Waals surface area (Å²) in [5.74, 6) is 1.30. The smallest absolute Gasteiger partial charge is 0.172 e. The SMILES string of the molecule is C[C@]12CCC3(CC1=CC[C@H]1[C@H]2CC[C@]2(C)[C@@H]1CC[C@@]2(O)CN=Cc1cc(Cl)cc(Cl)c1O)OCCO3. The number of nitrogens with zero attached hydrogens (tertiary/aromatic N) is 1. The van der Waals surface area contributed by atoms with Crippen LogP contribution in [0.25, 0.3) is 0 Å². The zero-order chi connectivity index (χ0) is 25.3. The number of aliphatic hydroxyl groups is 1. The second-order valence-corrected chi connectivity index (χ2v) is 13.2. The van der Waals surface area contributed by atoms with Gasteiger partial charge in [0.15, 0.2) is 5.79 Å². The molecule has 1 spiro atoms. The molecule has 6 rings (SSSR count). The molecule has 5 aliphatic rings. The Balaban J connectivity index is 1.21. The fraction of sp³-hybridized carbons (Fsp3) is 0.690. The number of aromatic hydroxyl groups is 1. The van der Waals surface area contributed by atoms with Gasteiger partial charge in [0.1, 0.15) is 5.75 Å². The Labute approximate surface area is 223 Å². The molecule has 1 aromatic rings. The number of phenols is 1. The Morgan fingerprint density at radius 1 is 1.06 bits per heavy atom. The van der Waals surface area contributed by atoms with Crippen molar-refractivity contribution in [3.8, 4) is 5.75 Å². The van der Waals surface area contributed by atoms with E-state index in [1.54, 1.807) is 17.9 Å². The lowest BCUT2D eigenvalue weighted by Crippen LogP contribution is -2.56. The van der Waals surface area contributed by atoms with Gasteiger partial charge in [0.2, 0.25) is 0 Å². The summed E-state index contributed by atoms with van der Waals surface area (Å²) < 4.78 is 12.1. The van der Waals surface area contributed by atoms with Crippen LogP contribution in [0.4, 0.5) is 0 Å². The number of phenolic OH excluding ortho intramolecular Hbond substituents is 1. The molecule has 2 N–H and O–H groups in total. The van der Waals surface area contributed by atoms with Gasteiger partial charge >= 0.3 is 0 Å². The van der Waals surface area contributed by atoms with Crippen molar-refractivity contribution in [2.45, 2.75) is 76.6 Å². The van der Waals surface area contributed by atoms with Gasteiger partial charge in [-0.15, -0.1) is 0 Å². The summed E-state index contributed by atoms with van der Waals surface area (Å²) in [4.78, 5) is 4.61. The van der Waals surface area contributed by atoms with Crippen LogP contribution in [0.1, 0.15) is 70.8 Å². The van der Waals surface area contributed by atoms with Crippen molar-refractivity contribution in [3.63, 3.8) is 0 Å². The number of allylic oxidation sites excluding steroid dienone is 1. The first-order valence-electron chi connectivity index (χ1n) is 13.5. The van der Waals surface area contributed by atoms with Gasteiger partial charge < -0.3 is 19.7 Å². The van der Waals surface area contributed by atoms with E-state index in [0.29, 0.717) is 48.1 Å². The number of benzene rings is 1. The number of fused-ring (bicyclic) bond motifs is 5. The molecule has 4 fully saturated rings. The van der Waals surface area contributed by atoms with Crippen LogP contribution in [0.3, 0.4) is 0 Å². The largest absolute Gasteiger partial charge is 0.506 e. The minimum absolute atomic E-state index is 0.0338. The van der Waals surface area contributed by atoms with Crippen molar-refractivity contribution in [3.05, 3.63) is 39.4 Å². The molecule has 7 heteroatoms. The predicted molar refractivity (Wildman–Crippen MR) is 142 cm³/mol. The molecular weight excluding hydrogens is 497 g/mol. The highest BCUT2D eigenvalue weighted by atomic mass is 35.5. The number of aliphatic imine (C=N–C) groups is 1. The average molecular weight is 535 g/mol. The van der Waals surface area contributed by atoms with E-state index in [1.807, 2.05) is 0 Å². The summed E-state index contributed by atoms with van der Waals surface area (Å²) in [5, 5.41) is 22.9. The Bertz CT molecular complexity index is 1110. The zero-order valence-corrected chi connectivity index (χ0v) is 22.7. The van der Waals surface area contributed by atoms with Crippen LogP contribution in [-0.2, 0) is 9.47 Å². The maximum Gasteiger partial charge on any atom is 0.172 e. The molecule has 36 heavy (non-hydrogen) atoms. The summed E-state index contributed by atoms with van der Waals surface area (Å²) in [7, 11) is 0. The number of rotatable bonds is 3. The van der Waals surface area contributed by atoms with Gasteiger partial charge in [-0.05, 0) is 73.8 Å². The summed E-state index contributed by atoms with van der Waals surface area (Å²) in [6, 6.07) is 3.15. The molecule has 1 saturated heterocycles. The van der Waals surface area contributed by atoms with Gasteiger partial charge in [-0.25, -0.2) is 0 Å². The van der Waals surface area contributed by atoms with Crippen molar-refractivity contribution < 1.29 is 19.7 Å². The van der Waals surface area contributed by atoms with Crippen molar-refractivity contribution in [1.82, 2.24) is 0 Å². The maximum absolute atomic E-state index is 12.0. The zero-order valence-electron chi connectivity index (χ0n) is 21.2. The molecule has 1 heterocycles. The number of hydrogen-bond donors (Lipinski definition) is 2. The van der Waals surface area contributed by atoms with Crippen LogP contribution >= 0.6 is 23.2 Å². The van der Waals surface area contributed by atoms with Gasteiger partial charge in [0, 0.05) is 35.1 Å². The summed E-state index contributed by atoms with van der Waals surface area (Å²) >= 11 is 12.2. The molecule has 0 bridgehead atoms. The molecule has 6 atom stereocenters. The molecule has 196 valence electrons. The lowest BCUT2D eigenvalue weighted by atomic mass is 9.46. The topological polar surface area (TPSA) is 71.3 Å². The monoisotopic (exact) mass is 533 g/mol. The lowest BCUT2D eigenvalue weighted by Gasteiger charge is -2.59. The second kappa shape index (κ2) is 8.71. The van der Waals surface area contributed by atoms with Crippen LogP contribution in [-0.4, -0.2) is 47.6 Å². The molecule has 4 aliphatic carbocycles. The van der Waals surface area contributed by atoms with Crippen molar-refractivity contribution in [2.75, 3.05) is 19.8 Å². The average Bonchev–Trinajstić information content (AvgIpc) is 3.40. The van der Waals surface area contributed by atoms with E-state index >= 15 is 0 Å². The minimum atomic E-state index is -0.857. The quantitative estimate of drug-likeness (QED) is 0.341. The van der Waals surface area contributed by atoms with E-state index in [-0.39, 0.29) is 27.4 Å². The van der Waals surface area contributed by atoms with Crippen LogP contribution in [0.5, 0.6) is 5.75 Å². The molecule has 5 nitrogen and oxygen atoms in total. The third kappa shape index (κ3) is 3.71. The van der Waals surface area contributed by atoms with E-state index in [2.05, 4.69) is 24.9 Å². The predicted octanol–water partition coefficient (Wildman–Crippen LogP) is 6.55. The molecule has 1 aromatic carbocycles. The van der Waals surface area contributed by atoms with E-state index < -0.39 is 5.60 Å². The van der Waals surface area contributed by atoms with Crippen molar-refractivity contribution in [2.24, 2.45) is 33.6 Å².